The lowest BCUT2D eigenvalue weighted by Gasteiger charge is -2.45. The van der Waals surface area contributed by atoms with Gasteiger partial charge in [-0.3, -0.25) is 4.90 Å². The first-order valence-corrected chi connectivity index (χ1v) is 13.0. The minimum absolute atomic E-state index is 0.0294. The van der Waals surface area contributed by atoms with Crippen LogP contribution in [0.25, 0.3) is 0 Å². The van der Waals surface area contributed by atoms with E-state index in [0.29, 0.717) is 22.7 Å². The summed E-state index contributed by atoms with van der Waals surface area (Å²) >= 11 is 12.9. The van der Waals surface area contributed by atoms with E-state index in [1.807, 2.05) is 30.3 Å². The van der Waals surface area contributed by atoms with Gasteiger partial charge in [-0.15, -0.1) is 0 Å². The number of hydrogen-bond acceptors (Lipinski definition) is 4. The lowest BCUT2D eigenvalue weighted by molar-refractivity contribution is 0.171. The molecule has 35 heavy (non-hydrogen) atoms. The molecule has 0 saturated carbocycles. The van der Waals surface area contributed by atoms with Crippen molar-refractivity contribution in [2.45, 2.75) is 38.8 Å². The molecule has 1 N–H and O–H groups in total. The van der Waals surface area contributed by atoms with Crippen molar-refractivity contribution < 1.29 is 9.84 Å². The lowest BCUT2D eigenvalue weighted by atomic mass is 9.96. The molecule has 1 heterocycles. The Balaban J connectivity index is 1.60. The van der Waals surface area contributed by atoms with Gasteiger partial charge in [-0.1, -0.05) is 73.4 Å². The van der Waals surface area contributed by atoms with Crippen molar-refractivity contribution in [1.82, 2.24) is 4.90 Å². The summed E-state index contributed by atoms with van der Waals surface area (Å²) in [5.74, 6) is 1.19. The number of halogens is 2. The van der Waals surface area contributed by atoms with Gasteiger partial charge in [0.1, 0.15) is 12.4 Å². The Hall–Kier alpha value is -2.24. The highest BCUT2D eigenvalue weighted by molar-refractivity contribution is 6.33. The zero-order chi connectivity index (χ0) is 24.9. The third kappa shape index (κ3) is 6.13. The number of hydrogen-bond donors (Lipinski definition) is 1. The summed E-state index contributed by atoms with van der Waals surface area (Å²) in [6.45, 7) is 9.60. The smallest absolute Gasteiger partial charge is 0.121 e. The monoisotopic (exact) mass is 512 g/mol. The maximum absolute atomic E-state index is 9.05. The molecule has 4 nitrogen and oxygen atoms in total. The van der Waals surface area contributed by atoms with E-state index in [1.54, 1.807) is 0 Å². The molecule has 1 fully saturated rings. The Bertz CT molecular complexity index is 1100. The van der Waals surface area contributed by atoms with Gasteiger partial charge in [0, 0.05) is 36.8 Å². The number of benzene rings is 3. The van der Waals surface area contributed by atoms with Crippen LogP contribution >= 0.6 is 23.2 Å². The molecular weight excluding hydrogens is 479 g/mol. The molecule has 3 aromatic carbocycles. The van der Waals surface area contributed by atoms with Crippen molar-refractivity contribution in [3.8, 4) is 5.75 Å². The fourth-order valence-electron chi connectivity index (χ4n) is 4.76. The first-order valence-electron chi connectivity index (χ1n) is 12.3. The molecule has 0 aromatic heterocycles. The van der Waals surface area contributed by atoms with Crippen LogP contribution in [0, 0.1) is 0 Å². The lowest BCUT2D eigenvalue weighted by Crippen LogP contribution is -2.49. The Labute approximate surface area is 219 Å². The maximum atomic E-state index is 9.05. The molecule has 0 radical (unpaired) electrons. The molecule has 2 atom stereocenters. The summed E-state index contributed by atoms with van der Waals surface area (Å²) in [5.41, 5.74) is 4.89. The zero-order valence-corrected chi connectivity index (χ0v) is 22.1. The summed E-state index contributed by atoms with van der Waals surface area (Å²) in [4.78, 5) is 4.93. The van der Waals surface area contributed by atoms with E-state index in [2.05, 4.69) is 67.0 Å². The average Bonchev–Trinajstić information content (AvgIpc) is 2.87. The van der Waals surface area contributed by atoms with E-state index in [9.17, 15) is 0 Å². The molecule has 1 aliphatic rings. The quantitative estimate of drug-likeness (QED) is 0.348. The van der Waals surface area contributed by atoms with Crippen LogP contribution in [-0.2, 0) is 0 Å². The van der Waals surface area contributed by atoms with Crippen molar-refractivity contribution in [2.75, 3.05) is 37.7 Å². The van der Waals surface area contributed by atoms with Crippen LogP contribution in [0.15, 0.2) is 66.7 Å². The molecule has 0 unspecified atom stereocenters. The van der Waals surface area contributed by atoms with Gasteiger partial charge >= 0.3 is 0 Å². The van der Waals surface area contributed by atoms with Gasteiger partial charge in [0.15, 0.2) is 0 Å². The van der Waals surface area contributed by atoms with E-state index < -0.39 is 0 Å². The first kappa shape index (κ1) is 25.8. The van der Waals surface area contributed by atoms with E-state index in [0.717, 1.165) is 30.3 Å². The zero-order valence-electron chi connectivity index (χ0n) is 20.6. The Morgan fingerprint density at radius 3 is 2.23 bits per heavy atom. The fourth-order valence-corrected chi connectivity index (χ4v) is 5.16. The van der Waals surface area contributed by atoms with Crippen molar-refractivity contribution in [2.24, 2.45) is 0 Å². The summed E-state index contributed by atoms with van der Waals surface area (Å²) in [7, 11) is 0. The molecule has 1 aliphatic heterocycles. The number of anilines is 1. The van der Waals surface area contributed by atoms with Crippen molar-refractivity contribution in [3.63, 3.8) is 0 Å². The standard InChI is InChI=1S/C29H34Cl2N2O2/c1-20(2)22-4-6-23(7-5-22)21(3)32-14-15-33(29(19-32)24-8-10-25(30)11-9-24)28-13-12-26(18-27(28)31)35-17-16-34/h4-13,18,20-21,29,34H,14-17,19H2,1-3H3/t21-,29+/m1/s1. The van der Waals surface area contributed by atoms with E-state index in [4.69, 9.17) is 33.0 Å². The summed E-state index contributed by atoms with van der Waals surface area (Å²) in [6.07, 6.45) is 0. The molecule has 0 amide bonds. The molecule has 1 saturated heterocycles. The molecular formula is C29H34Cl2N2O2. The summed E-state index contributed by atoms with van der Waals surface area (Å²) in [6, 6.07) is 23.4. The molecule has 4 rings (SSSR count). The Morgan fingerprint density at radius 1 is 0.914 bits per heavy atom. The van der Waals surface area contributed by atoms with Gasteiger partial charge in [-0.05, 0) is 53.8 Å². The van der Waals surface area contributed by atoms with Gasteiger partial charge in [0.25, 0.3) is 0 Å². The highest BCUT2D eigenvalue weighted by Gasteiger charge is 2.32. The van der Waals surface area contributed by atoms with E-state index in [1.165, 1.54) is 16.7 Å². The van der Waals surface area contributed by atoms with Gasteiger partial charge < -0.3 is 14.7 Å². The van der Waals surface area contributed by atoms with Crippen LogP contribution in [0.4, 0.5) is 5.69 Å². The fraction of sp³-hybridized carbons (Fsp3) is 0.379. The predicted molar refractivity (Wildman–Crippen MR) is 146 cm³/mol. The SMILES string of the molecule is CC(C)c1ccc([C@@H](C)N2CCN(c3ccc(OCCO)cc3Cl)[C@H](c3ccc(Cl)cc3)C2)cc1. The second-order valence-electron chi connectivity index (χ2n) is 9.44. The summed E-state index contributed by atoms with van der Waals surface area (Å²) < 4.78 is 5.55. The second kappa shape index (κ2) is 11.7. The number of piperazine rings is 1. The minimum atomic E-state index is -0.0294. The van der Waals surface area contributed by atoms with Gasteiger partial charge in [0.2, 0.25) is 0 Å². The van der Waals surface area contributed by atoms with Crippen LogP contribution < -0.4 is 9.64 Å². The molecule has 186 valence electrons. The van der Waals surface area contributed by atoms with Crippen molar-refractivity contribution in [3.05, 3.63) is 93.5 Å². The van der Waals surface area contributed by atoms with Gasteiger partial charge in [0.05, 0.1) is 23.4 Å². The number of rotatable bonds is 8. The highest BCUT2D eigenvalue weighted by atomic mass is 35.5. The Morgan fingerprint density at radius 2 is 1.60 bits per heavy atom. The summed E-state index contributed by atoms with van der Waals surface area (Å²) in [5, 5.41) is 10.4. The van der Waals surface area contributed by atoms with E-state index in [-0.39, 0.29) is 19.3 Å². The number of nitrogens with zero attached hydrogens (tertiary/aromatic N) is 2. The van der Waals surface area contributed by atoms with Gasteiger partial charge in [-0.2, -0.15) is 0 Å². The highest BCUT2D eigenvalue weighted by Crippen LogP contribution is 2.39. The normalized spacial score (nSPS) is 17.6. The number of ether oxygens (including phenoxy) is 1. The molecule has 0 spiro atoms. The van der Waals surface area contributed by atoms with Crippen molar-refractivity contribution in [1.29, 1.82) is 0 Å². The topological polar surface area (TPSA) is 35.9 Å². The Kier molecular flexibility index (Phi) is 8.61. The largest absolute Gasteiger partial charge is 0.491 e. The van der Waals surface area contributed by atoms with Crippen LogP contribution in [0.3, 0.4) is 0 Å². The van der Waals surface area contributed by atoms with Crippen LogP contribution in [0.2, 0.25) is 10.0 Å². The molecule has 0 aliphatic carbocycles. The number of aliphatic hydroxyl groups is 1. The van der Waals surface area contributed by atoms with E-state index >= 15 is 0 Å². The average molecular weight is 514 g/mol. The molecule has 0 bridgehead atoms. The number of aliphatic hydroxyl groups excluding tert-OH is 1. The maximum Gasteiger partial charge on any atom is 0.121 e. The second-order valence-corrected chi connectivity index (χ2v) is 10.3. The van der Waals surface area contributed by atoms with Crippen LogP contribution in [-0.4, -0.2) is 42.9 Å². The van der Waals surface area contributed by atoms with Crippen molar-refractivity contribution >= 4 is 28.9 Å². The predicted octanol–water partition coefficient (Wildman–Crippen LogP) is 7.11. The first-order chi connectivity index (χ1) is 16.9. The molecule has 6 heteroatoms. The van der Waals surface area contributed by atoms with Gasteiger partial charge in [-0.25, -0.2) is 0 Å². The third-order valence-electron chi connectivity index (χ3n) is 6.89. The minimum Gasteiger partial charge on any atom is -0.491 e. The molecule has 3 aromatic rings. The third-order valence-corrected chi connectivity index (χ3v) is 7.44. The van der Waals surface area contributed by atoms with Crippen LogP contribution in [0.5, 0.6) is 5.75 Å². The van der Waals surface area contributed by atoms with Crippen LogP contribution in [0.1, 0.15) is 55.5 Å².